The third-order valence-corrected chi connectivity index (χ3v) is 6.02. The van der Waals surface area contributed by atoms with E-state index in [0.717, 1.165) is 18.7 Å². The molecule has 3 aliphatic rings. The number of para-hydroxylation sites is 3. The molecule has 1 atom stereocenters. The molecule has 1 saturated heterocycles. The first-order valence-electron chi connectivity index (χ1n) is 10.5. The van der Waals surface area contributed by atoms with Crippen LogP contribution in [-0.4, -0.2) is 73.6 Å². The summed E-state index contributed by atoms with van der Waals surface area (Å²) < 4.78 is 11.5. The number of ether oxygens (including phenoxy) is 2. The van der Waals surface area contributed by atoms with Crippen molar-refractivity contribution in [2.24, 2.45) is 0 Å². The molecule has 30 heavy (non-hydrogen) atoms. The fraction of sp³-hybridized carbons (Fsp3) is 0.391. The van der Waals surface area contributed by atoms with E-state index in [1.807, 2.05) is 52.3 Å². The average Bonchev–Trinajstić information content (AvgIpc) is 3.23. The molecule has 3 aliphatic heterocycles. The van der Waals surface area contributed by atoms with E-state index in [4.69, 9.17) is 9.47 Å². The Labute approximate surface area is 175 Å². The zero-order chi connectivity index (χ0) is 20.5. The molecule has 2 amide bonds. The second-order valence-corrected chi connectivity index (χ2v) is 7.89. The molecular weight excluding hydrogens is 382 g/mol. The molecule has 0 bridgehead atoms. The number of fused-ring (bicyclic) bond motifs is 2. The number of carbonyl (C=O) groups is 2. The molecule has 7 heteroatoms. The number of amides is 2. The fourth-order valence-electron chi connectivity index (χ4n) is 4.35. The third kappa shape index (κ3) is 3.61. The molecule has 0 aromatic heterocycles. The summed E-state index contributed by atoms with van der Waals surface area (Å²) in [7, 11) is 0. The second-order valence-electron chi connectivity index (χ2n) is 7.89. The molecule has 3 heterocycles. The first kappa shape index (κ1) is 18.9. The van der Waals surface area contributed by atoms with Crippen LogP contribution in [0.3, 0.4) is 0 Å². The molecule has 0 aliphatic carbocycles. The Morgan fingerprint density at radius 1 is 0.900 bits per heavy atom. The molecule has 2 aromatic rings. The molecule has 0 N–H and O–H groups in total. The van der Waals surface area contributed by atoms with Crippen molar-refractivity contribution in [3.8, 4) is 11.5 Å². The molecular formula is C23H25N3O4. The minimum atomic E-state index is -0.616. The van der Waals surface area contributed by atoms with Crippen LogP contribution < -0.4 is 14.4 Å². The summed E-state index contributed by atoms with van der Waals surface area (Å²) in [4.78, 5) is 31.5. The van der Waals surface area contributed by atoms with Gasteiger partial charge in [-0.05, 0) is 30.2 Å². The van der Waals surface area contributed by atoms with Crippen LogP contribution >= 0.6 is 0 Å². The van der Waals surface area contributed by atoms with Crippen molar-refractivity contribution < 1.29 is 19.1 Å². The van der Waals surface area contributed by atoms with Gasteiger partial charge in [0.25, 0.3) is 5.91 Å². The van der Waals surface area contributed by atoms with Crippen molar-refractivity contribution in [2.45, 2.75) is 12.5 Å². The van der Waals surface area contributed by atoms with E-state index >= 15 is 0 Å². The highest BCUT2D eigenvalue weighted by Crippen LogP contribution is 2.31. The van der Waals surface area contributed by atoms with Crippen LogP contribution in [0.4, 0.5) is 5.69 Å². The monoisotopic (exact) mass is 407 g/mol. The van der Waals surface area contributed by atoms with Gasteiger partial charge < -0.3 is 19.3 Å². The summed E-state index contributed by atoms with van der Waals surface area (Å²) in [5.74, 6) is 1.36. The van der Waals surface area contributed by atoms with E-state index in [1.165, 1.54) is 5.56 Å². The van der Waals surface area contributed by atoms with Crippen LogP contribution in [0.1, 0.15) is 5.56 Å². The van der Waals surface area contributed by atoms with E-state index in [-0.39, 0.29) is 18.4 Å². The summed E-state index contributed by atoms with van der Waals surface area (Å²) in [6, 6.07) is 15.5. The van der Waals surface area contributed by atoms with Crippen molar-refractivity contribution in [3.05, 3.63) is 54.1 Å². The van der Waals surface area contributed by atoms with Crippen molar-refractivity contribution in [2.75, 3.05) is 50.8 Å². The zero-order valence-corrected chi connectivity index (χ0v) is 16.8. The summed E-state index contributed by atoms with van der Waals surface area (Å²) in [5, 5.41) is 0. The first-order valence-corrected chi connectivity index (χ1v) is 10.5. The predicted molar refractivity (Wildman–Crippen MR) is 112 cm³/mol. The molecule has 7 nitrogen and oxygen atoms in total. The number of carbonyl (C=O) groups excluding carboxylic acids is 2. The standard InChI is InChI=1S/C23H25N3O4/c27-22(26-10-9-17-5-1-2-6-18(17)26)15-24-11-13-25(14-12-24)23(28)21-16-29-19-7-3-4-8-20(19)30-21/h1-8,21H,9-16H2/t21-/m1/s1. The molecule has 156 valence electrons. The summed E-state index contributed by atoms with van der Waals surface area (Å²) >= 11 is 0. The van der Waals surface area contributed by atoms with Crippen LogP contribution in [0, 0.1) is 0 Å². The normalized spacial score (nSPS) is 20.7. The average molecular weight is 407 g/mol. The largest absolute Gasteiger partial charge is 0.485 e. The van der Waals surface area contributed by atoms with Gasteiger partial charge in [-0.3, -0.25) is 14.5 Å². The maximum Gasteiger partial charge on any atom is 0.267 e. The minimum absolute atomic E-state index is 0.0519. The van der Waals surface area contributed by atoms with Crippen LogP contribution in [0.15, 0.2) is 48.5 Å². The quantitative estimate of drug-likeness (QED) is 0.773. The molecule has 1 fully saturated rings. The smallest absolute Gasteiger partial charge is 0.267 e. The number of nitrogens with zero attached hydrogens (tertiary/aromatic N) is 3. The van der Waals surface area contributed by atoms with Gasteiger partial charge in [-0.15, -0.1) is 0 Å². The molecule has 2 aromatic carbocycles. The fourth-order valence-corrected chi connectivity index (χ4v) is 4.35. The summed E-state index contributed by atoms with van der Waals surface area (Å²) in [6.07, 6.45) is 0.297. The Bertz CT molecular complexity index is 955. The van der Waals surface area contributed by atoms with Crippen LogP contribution in [0.25, 0.3) is 0 Å². The molecule has 5 rings (SSSR count). The maximum atomic E-state index is 12.9. The topological polar surface area (TPSA) is 62.3 Å². The lowest BCUT2D eigenvalue weighted by Gasteiger charge is -2.37. The minimum Gasteiger partial charge on any atom is -0.485 e. The van der Waals surface area contributed by atoms with Crippen molar-refractivity contribution in [3.63, 3.8) is 0 Å². The van der Waals surface area contributed by atoms with Gasteiger partial charge in [-0.25, -0.2) is 0 Å². The molecule has 0 spiro atoms. The van der Waals surface area contributed by atoms with Gasteiger partial charge in [0.2, 0.25) is 12.0 Å². The van der Waals surface area contributed by atoms with E-state index in [0.29, 0.717) is 44.2 Å². The lowest BCUT2D eigenvalue weighted by atomic mass is 10.2. The molecule has 0 radical (unpaired) electrons. The van der Waals surface area contributed by atoms with Crippen molar-refractivity contribution in [1.29, 1.82) is 0 Å². The van der Waals surface area contributed by atoms with Gasteiger partial charge in [0.05, 0.1) is 6.54 Å². The van der Waals surface area contributed by atoms with Gasteiger partial charge in [0.15, 0.2) is 11.5 Å². The molecule has 0 unspecified atom stereocenters. The van der Waals surface area contributed by atoms with Crippen LogP contribution in [-0.2, 0) is 16.0 Å². The highest BCUT2D eigenvalue weighted by Gasteiger charge is 2.33. The number of benzene rings is 2. The van der Waals surface area contributed by atoms with Gasteiger partial charge in [-0.1, -0.05) is 30.3 Å². The Morgan fingerprint density at radius 3 is 2.47 bits per heavy atom. The number of rotatable bonds is 3. The van der Waals surface area contributed by atoms with Crippen LogP contribution in [0.2, 0.25) is 0 Å². The number of piperazine rings is 1. The highest BCUT2D eigenvalue weighted by atomic mass is 16.6. The van der Waals surface area contributed by atoms with E-state index in [1.54, 1.807) is 0 Å². The SMILES string of the molecule is O=C([C@H]1COc2ccccc2O1)N1CCN(CC(=O)N2CCc3ccccc32)CC1. The number of hydrogen-bond donors (Lipinski definition) is 0. The Kier molecular flexibility index (Phi) is 5.04. The Balaban J connectivity index is 1.14. The van der Waals surface area contributed by atoms with Crippen molar-refractivity contribution >= 4 is 17.5 Å². The summed E-state index contributed by atoms with van der Waals surface area (Å²) in [6.45, 7) is 3.88. The van der Waals surface area contributed by atoms with Gasteiger partial charge in [-0.2, -0.15) is 0 Å². The van der Waals surface area contributed by atoms with E-state index < -0.39 is 6.10 Å². The van der Waals surface area contributed by atoms with E-state index in [9.17, 15) is 9.59 Å². The lowest BCUT2D eigenvalue weighted by Crippen LogP contribution is -2.55. The lowest BCUT2D eigenvalue weighted by molar-refractivity contribution is -0.143. The van der Waals surface area contributed by atoms with Gasteiger partial charge in [0.1, 0.15) is 6.61 Å². The Morgan fingerprint density at radius 2 is 1.63 bits per heavy atom. The predicted octanol–water partition coefficient (Wildman–Crippen LogP) is 1.56. The van der Waals surface area contributed by atoms with Crippen LogP contribution in [0.5, 0.6) is 11.5 Å². The third-order valence-electron chi connectivity index (χ3n) is 6.02. The van der Waals surface area contributed by atoms with Crippen molar-refractivity contribution in [1.82, 2.24) is 9.80 Å². The summed E-state index contributed by atoms with van der Waals surface area (Å²) in [5.41, 5.74) is 2.27. The highest BCUT2D eigenvalue weighted by molar-refractivity contribution is 5.96. The van der Waals surface area contributed by atoms with Gasteiger partial charge in [0, 0.05) is 38.4 Å². The second kappa shape index (κ2) is 7.99. The first-order chi connectivity index (χ1) is 14.7. The Hall–Kier alpha value is -3.06. The number of hydrogen-bond acceptors (Lipinski definition) is 5. The van der Waals surface area contributed by atoms with Gasteiger partial charge >= 0.3 is 0 Å². The molecule has 0 saturated carbocycles. The maximum absolute atomic E-state index is 12.9. The van der Waals surface area contributed by atoms with E-state index in [2.05, 4.69) is 11.0 Å². The zero-order valence-electron chi connectivity index (χ0n) is 16.8. The number of anilines is 1.